The molecule has 2 rings (SSSR count). The summed E-state index contributed by atoms with van der Waals surface area (Å²) < 4.78 is 10.3. The van der Waals surface area contributed by atoms with E-state index in [0.29, 0.717) is 28.8 Å². The van der Waals surface area contributed by atoms with Crippen LogP contribution in [0.15, 0.2) is 18.2 Å². The van der Waals surface area contributed by atoms with Crippen molar-refractivity contribution in [3.8, 4) is 0 Å². The highest BCUT2D eigenvalue weighted by atomic mass is 35.5. The lowest BCUT2D eigenvalue weighted by atomic mass is 10.2. The van der Waals surface area contributed by atoms with Gasteiger partial charge in [0.2, 0.25) is 0 Å². The quantitative estimate of drug-likeness (QED) is 0.861. The fourth-order valence-electron chi connectivity index (χ4n) is 1.89. The molecule has 114 valence electrons. The molecule has 1 N–H and O–H groups in total. The summed E-state index contributed by atoms with van der Waals surface area (Å²) in [6.45, 7) is 2.03. The summed E-state index contributed by atoms with van der Waals surface area (Å²) in [5, 5.41) is 3.37. The van der Waals surface area contributed by atoms with Crippen LogP contribution in [-0.2, 0) is 19.1 Å². The predicted molar refractivity (Wildman–Crippen MR) is 79.6 cm³/mol. The van der Waals surface area contributed by atoms with Crippen LogP contribution >= 0.6 is 23.2 Å². The van der Waals surface area contributed by atoms with Gasteiger partial charge in [-0.15, -0.1) is 0 Å². The van der Waals surface area contributed by atoms with E-state index in [1.807, 2.05) is 0 Å². The third-order valence-corrected chi connectivity index (χ3v) is 3.59. The van der Waals surface area contributed by atoms with Crippen molar-refractivity contribution >= 4 is 40.8 Å². The summed E-state index contributed by atoms with van der Waals surface area (Å²) in [6.07, 6.45) is -0.0653. The molecule has 1 amide bonds. The van der Waals surface area contributed by atoms with Crippen molar-refractivity contribution in [3.63, 3.8) is 0 Å². The van der Waals surface area contributed by atoms with Crippen LogP contribution in [0.5, 0.6) is 0 Å². The van der Waals surface area contributed by atoms with E-state index in [4.69, 9.17) is 32.7 Å². The van der Waals surface area contributed by atoms with Gasteiger partial charge in [-0.3, -0.25) is 4.79 Å². The summed E-state index contributed by atoms with van der Waals surface area (Å²) in [5.74, 6) is -0.983. The zero-order valence-electron chi connectivity index (χ0n) is 11.4. The summed E-state index contributed by atoms with van der Waals surface area (Å²) in [4.78, 5) is 23.7. The standard InChI is InChI=1S/C14H15Cl2NO4/c1-8(21-14(19)12-3-2-6-20-12)13(18)17-11-5-4-9(15)7-10(11)16/h4-5,7-8,12H,2-3,6H2,1H3,(H,17,18)/t8-,12+/m1/s1. The van der Waals surface area contributed by atoms with Gasteiger partial charge in [-0.1, -0.05) is 23.2 Å². The maximum Gasteiger partial charge on any atom is 0.336 e. The number of hydrogen-bond acceptors (Lipinski definition) is 4. The van der Waals surface area contributed by atoms with Gasteiger partial charge >= 0.3 is 5.97 Å². The molecular formula is C14H15Cl2NO4. The maximum atomic E-state index is 12.0. The molecule has 5 nitrogen and oxygen atoms in total. The van der Waals surface area contributed by atoms with Crippen LogP contribution in [0.1, 0.15) is 19.8 Å². The van der Waals surface area contributed by atoms with E-state index >= 15 is 0 Å². The first-order valence-corrected chi connectivity index (χ1v) is 7.31. The molecule has 1 aliphatic rings. The smallest absolute Gasteiger partial charge is 0.336 e. The fraction of sp³-hybridized carbons (Fsp3) is 0.429. The second-order valence-electron chi connectivity index (χ2n) is 4.69. The Hall–Kier alpha value is -1.30. The lowest BCUT2D eigenvalue weighted by Crippen LogP contribution is -2.34. The molecule has 0 aromatic heterocycles. The Bertz CT molecular complexity index is 544. The number of anilines is 1. The average Bonchev–Trinajstić information content (AvgIpc) is 2.95. The van der Waals surface area contributed by atoms with Gasteiger partial charge in [0.1, 0.15) is 0 Å². The Morgan fingerprint density at radius 3 is 2.81 bits per heavy atom. The first-order chi connectivity index (χ1) is 9.97. The minimum Gasteiger partial charge on any atom is -0.451 e. The summed E-state index contributed by atoms with van der Waals surface area (Å²) in [6, 6.07) is 4.70. The van der Waals surface area contributed by atoms with Crippen LogP contribution in [0.2, 0.25) is 10.0 Å². The molecule has 0 aliphatic carbocycles. The van der Waals surface area contributed by atoms with Crippen molar-refractivity contribution in [3.05, 3.63) is 28.2 Å². The number of carbonyl (C=O) groups excluding carboxylic acids is 2. The fourth-order valence-corrected chi connectivity index (χ4v) is 2.35. The molecule has 1 aliphatic heterocycles. The van der Waals surface area contributed by atoms with Crippen LogP contribution in [0.4, 0.5) is 5.69 Å². The van der Waals surface area contributed by atoms with E-state index in [9.17, 15) is 9.59 Å². The first kappa shape index (κ1) is 16.1. The number of hydrogen-bond donors (Lipinski definition) is 1. The topological polar surface area (TPSA) is 64.6 Å². The first-order valence-electron chi connectivity index (χ1n) is 6.55. The van der Waals surface area contributed by atoms with Crippen molar-refractivity contribution in [1.29, 1.82) is 0 Å². The van der Waals surface area contributed by atoms with Crippen LogP contribution in [0.25, 0.3) is 0 Å². The zero-order valence-corrected chi connectivity index (χ0v) is 12.9. The largest absolute Gasteiger partial charge is 0.451 e. The van der Waals surface area contributed by atoms with Gasteiger partial charge in [-0.2, -0.15) is 0 Å². The number of carbonyl (C=O) groups is 2. The lowest BCUT2D eigenvalue weighted by molar-refractivity contribution is -0.162. The third kappa shape index (κ3) is 4.33. The highest BCUT2D eigenvalue weighted by Gasteiger charge is 2.28. The lowest BCUT2D eigenvalue weighted by Gasteiger charge is -2.16. The summed E-state index contributed by atoms with van der Waals surface area (Å²) >= 11 is 11.7. The number of ether oxygens (including phenoxy) is 2. The summed E-state index contributed by atoms with van der Waals surface area (Å²) in [7, 11) is 0. The van der Waals surface area contributed by atoms with Gasteiger partial charge in [0.25, 0.3) is 5.91 Å². The molecule has 1 fully saturated rings. The second kappa shape index (κ2) is 7.11. The van der Waals surface area contributed by atoms with Crippen LogP contribution in [0, 0.1) is 0 Å². The van der Waals surface area contributed by atoms with Crippen LogP contribution in [-0.4, -0.2) is 30.7 Å². The Morgan fingerprint density at radius 1 is 1.43 bits per heavy atom. The predicted octanol–water partition coefficient (Wildman–Crippen LogP) is 3.04. The van der Waals surface area contributed by atoms with Gasteiger partial charge < -0.3 is 14.8 Å². The molecule has 0 radical (unpaired) electrons. The zero-order chi connectivity index (χ0) is 15.4. The van der Waals surface area contributed by atoms with Crippen molar-refractivity contribution < 1.29 is 19.1 Å². The van der Waals surface area contributed by atoms with Crippen LogP contribution in [0.3, 0.4) is 0 Å². The molecule has 7 heteroatoms. The molecule has 0 bridgehead atoms. The minimum atomic E-state index is -0.937. The van der Waals surface area contributed by atoms with E-state index in [1.165, 1.54) is 13.0 Å². The molecule has 0 unspecified atom stereocenters. The number of esters is 1. The third-order valence-electron chi connectivity index (χ3n) is 3.04. The van der Waals surface area contributed by atoms with E-state index in [0.717, 1.165) is 6.42 Å². The number of halogens is 2. The SMILES string of the molecule is C[C@@H](OC(=O)[C@@H]1CCCO1)C(=O)Nc1ccc(Cl)cc1Cl. The molecule has 0 spiro atoms. The minimum absolute atomic E-state index is 0.313. The number of nitrogens with one attached hydrogen (secondary N) is 1. The molecule has 1 aromatic carbocycles. The van der Waals surface area contributed by atoms with Gasteiger partial charge in [0, 0.05) is 11.6 Å². The normalized spacial score (nSPS) is 19.1. The van der Waals surface area contributed by atoms with Gasteiger partial charge in [0.15, 0.2) is 12.2 Å². The van der Waals surface area contributed by atoms with Crippen molar-refractivity contribution in [2.45, 2.75) is 32.0 Å². The molecular weight excluding hydrogens is 317 g/mol. The Labute approximate surface area is 132 Å². The van der Waals surface area contributed by atoms with Crippen LogP contribution < -0.4 is 5.32 Å². The van der Waals surface area contributed by atoms with E-state index in [-0.39, 0.29) is 0 Å². The van der Waals surface area contributed by atoms with Gasteiger partial charge in [-0.25, -0.2) is 4.79 Å². The molecule has 1 aromatic rings. The monoisotopic (exact) mass is 331 g/mol. The van der Waals surface area contributed by atoms with E-state index in [2.05, 4.69) is 5.32 Å². The maximum absolute atomic E-state index is 12.0. The second-order valence-corrected chi connectivity index (χ2v) is 5.54. The molecule has 1 saturated heterocycles. The van der Waals surface area contributed by atoms with E-state index in [1.54, 1.807) is 12.1 Å². The van der Waals surface area contributed by atoms with Gasteiger partial charge in [0.05, 0.1) is 10.7 Å². The van der Waals surface area contributed by atoms with Crippen molar-refractivity contribution in [1.82, 2.24) is 0 Å². The Morgan fingerprint density at radius 2 is 2.19 bits per heavy atom. The highest BCUT2D eigenvalue weighted by Crippen LogP contribution is 2.25. The molecule has 1 heterocycles. The van der Waals surface area contributed by atoms with Crippen molar-refractivity contribution in [2.75, 3.05) is 11.9 Å². The molecule has 2 atom stereocenters. The van der Waals surface area contributed by atoms with E-state index < -0.39 is 24.1 Å². The highest BCUT2D eigenvalue weighted by molar-refractivity contribution is 6.36. The van der Waals surface area contributed by atoms with Gasteiger partial charge in [-0.05, 0) is 38.0 Å². The number of rotatable bonds is 4. The Balaban J connectivity index is 1.91. The Kier molecular flexibility index (Phi) is 5.45. The molecule has 0 saturated carbocycles. The number of benzene rings is 1. The molecule has 21 heavy (non-hydrogen) atoms. The summed E-state index contributed by atoms with van der Waals surface area (Å²) in [5.41, 5.74) is 0.408. The van der Waals surface area contributed by atoms with Crippen molar-refractivity contribution in [2.24, 2.45) is 0 Å². The average molecular weight is 332 g/mol. The number of amides is 1.